The van der Waals surface area contributed by atoms with Crippen LogP contribution >= 0.6 is 12.4 Å². The van der Waals surface area contributed by atoms with E-state index in [0.29, 0.717) is 12.8 Å². The van der Waals surface area contributed by atoms with E-state index in [1.165, 1.54) is 19.4 Å². The van der Waals surface area contributed by atoms with Crippen molar-refractivity contribution in [3.63, 3.8) is 0 Å². The van der Waals surface area contributed by atoms with E-state index in [-0.39, 0.29) is 12.4 Å². The van der Waals surface area contributed by atoms with Gasteiger partial charge < -0.3 is 14.6 Å². The number of amidine groups is 1. The van der Waals surface area contributed by atoms with Crippen LogP contribution in [0.5, 0.6) is 0 Å². The first-order chi connectivity index (χ1) is 6.27. The van der Waals surface area contributed by atoms with Crippen molar-refractivity contribution in [3.8, 4) is 0 Å². The first-order valence-corrected chi connectivity index (χ1v) is 4.89. The van der Waals surface area contributed by atoms with Crippen molar-refractivity contribution < 1.29 is 4.84 Å². The van der Waals surface area contributed by atoms with E-state index in [1.807, 2.05) is 6.92 Å². The molecule has 1 atom stereocenters. The average molecular weight is 220 g/mol. The summed E-state index contributed by atoms with van der Waals surface area (Å²) >= 11 is 0. The zero-order valence-electron chi connectivity index (χ0n) is 8.77. The molecule has 0 spiro atoms. The lowest BCUT2D eigenvalue weighted by molar-refractivity contribution is 0.0677. The normalized spacial score (nSPS) is 28.0. The Morgan fingerprint density at radius 3 is 2.86 bits per heavy atom. The van der Waals surface area contributed by atoms with Crippen LogP contribution < -0.4 is 0 Å². The SMILES string of the molecule is CC1=NOCN1C1CCCN(C)C1.Cl. The highest BCUT2D eigenvalue weighted by molar-refractivity contribution is 5.85. The molecule has 0 N–H and O–H groups in total. The molecule has 4 nitrogen and oxygen atoms in total. The van der Waals surface area contributed by atoms with Gasteiger partial charge in [0.1, 0.15) is 5.84 Å². The molecule has 14 heavy (non-hydrogen) atoms. The van der Waals surface area contributed by atoms with Gasteiger partial charge in [0, 0.05) is 12.6 Å². The quantitative estimate of drug-likeness (QED) is 0.662. The van der Waals surface area contributed by atoms with Gasteiger partial charge in [0.2, 0.25) is 0 Å². The highest BCUT2D eigenvalue weighted by atomic mass is 35.5. The maximum Gasteiger partial charge on any atom is 0.191 e. The molecule has 82 valence electrons. The van der Waals surface area contributed by atoms with Gasteiger partial charge in [-0.25, -0.2) is 0 Å². The third-order valence-electron chi connectivity index (χ3n) is 2.85. The first kappa shape index (κ1) is 11.6. The molecule has 2 aliphatic rings. The highest BCUT2D eigenvalue weighted by Gasteiger charge is 2.27. The van der Waals surface area contributed by atoms with Gasteiger partial charge in [-0.15, -0.1) is 12.4 Å². The Hall–Kier alpha value is -0.480. The van der Waals surface area contributed by atoms with Gasteiger partial charge in [-0.2, -0.15) is 0 Å². The van der Waals surface area contributed by atoms with E-state index >= 15 is 0 Å². The fourth-order valence-electron chi connectivity index (χ4n) is 2.09. The smallest absolute Gasteiger partial charge is 0.191 e. The molecule has 0 aliphatic carbocycles. The maximum atomic E-state index is 5.05. The molecular formula is C9H18ClN3O. The summed E-state index contributed by atoms with van der Waals surface area (Å²) in [5, 5.41) is 3.94. The van der Waals surface area contributed by atoms with Crippen molar-refractivity contribution >= 4 is 18.2 Å². The van der Waals surface area contributed by atoms with Crippen molar-refractivity contribution in [1.82, 2.24) is 9.80 Å². The van der Waals surface area contributed by atoms with Crippen LogP contribution in [0.1, 0.15) is 19.8 Å². The van der Waals surface area contributed by atoms with Crippen molar-refractivity contribution in [1.29, 1.82) is 0 Å². The lowest BCUT2D eigenvalue weighted by Crippen LogP contribution is -2.47. The van der Waals surface area contributed by atoms with Crippen molar-refractivity contribution in [2.75, 3.05) is 26.9 Å². The van der Waals surface area contributed by atoms with E-state index in [0.717, 1.165) is 12.4 Å². The van der Waals surface area contributed by atoms with Gasteiger partial charge in [0.25, 0.3) is 0 Å². The summed E-state index contributed by atoms with van der Waals surface area (Å²) in [4.78, 5) is 9.69. The van der Waals surface area contributed by atoms with Gasteiger partial charge in [-0.3, -0.25) is 0 Å². The topological polar surface area (TPSA) is 28.1 Å². The van der Waals surface area contributed by atoms with Crippen LogP contribution in [0.25, 0.3) is 0 Å². The van der Waals surface area contributed by atoms with Crippen LogP contribution in [0.2, 0.25) is 0 Å². The van der Waals surface area contributed by atoms with Crippen LogP contribution in [0.4, 0.5) is 0 Å². The zero-order chi connectivity index (χ0) is 9.26. The minimum atomic E-state index is 0. The highest BCUT2D eigenvalue weighted by Crippen LogP contribution is 2.17. The number of piperidine rings is 1. The van der Waals surface area contributed by atoms with Crippen LogP contribution in [0.15, 0.2) is 5.16 Å². The molecule has 0 aromatic carbocycles. The van der Waals surface area contributed by atoms with Gasteiger partial charge >= 0.3 is 0 Å². The predicted molar refractivity (Wildman–Crippen MR) is 58.7 cm³/mol. The number of halogens is 1. The molecule has 2 heterocycles. The van der Waals surface area contributed by atoms with Gasteiger partial charge in [-0.1, -0.05) is 5.16 Å². The van der Waals surface area contributed by atoms with E-state index in [4.69, 9.17) is 4.84 Å². The lowest BCUT2D eigenvalue weighted by Gasteiger charge is -2.35. The number of likely N-dealkylation sites (N-methyl/N-ethyl adjacent to an activating group) is 1. The summed E-state index contributed by atoms with van der Waals surface area (Å²) in [5.41, 5.74) is 0. The molecule has 1 unspecified atom stereocenters. The summed E-state index contributed by atoms with van der Waals surface area (Å²) in [6, 6.07) is 0.602. The summed E-state index contributed by atoms with van der Waals surface area (Å²) in [7, 11) is 2.18. The van der Waals surface area contributed by atoms with E-state index in [2.05, 4.69) is 22.0 Å². The molecular weight excluding hydrogens is 202 g/mol. The van der Waals surface area contributed by atoms with Crippen molar-refractivity contribution in [2.45, 2.75) is 25.8 Å². The molecule has 1 saturated heterocycles. The Bertz CT molecular complexity index is 222. The molecule has 2 rings (SSSR count). The Morgan fingerprint density at radius 2 is 2.29 bits per heavy atom. The van der Waals surface area contributed by atoms with Crippen molar-refractivity contribution in [3.05, 3.63) is 0 Å². The summed E-state index contributed by atoms with van der Waals surface area (Å²) in [5.74, 6) is 1.03. The molecule has 0 radical (unpaired) electrons. The molecule has 0 bridgehead atoms. The van der Waals surface area contributed by atoms with Crippen LogP contribution in [-0.2, 0) is 4.84 Å². The number of oxime groups is 1. The number of rotatable bonds is 1. The second kappa shape index (κ2) is 4.84. The molecule has 0 saturated carbocycles. The summed E-state index contributed by atoms with van der Waals surface area (Å²) in [6.07, 6.45) is 2.55. The second-order valence-electron chi connectivity index (χ2n) is 3.92. The Kier molecular flexibility index (Phi) is 4.01. The molecule has 0 aromatic heterocycles. The number of likely N-dealkylation sites (tertiary alicyclic amines) is 1. The molecule has 1 fully saturated rings. The fraction of sp³-hybridized carbons (Fsp3) is 0.889. The average Bonchev–Trinajstić information content (AvgIpc) is 2.51. The second-order valence-corrected chi connectivity index (χ2v) is 3.92. The Morgan fingerprint density at radius 1 is 1.50 bits per heavy atom. The third-order valence-corrected chi connectivity index (χ3v) is 2.85. The van der Waals surface area contributed by atoms with Crippen LogP contribution in [0.3, 0.4) is 0 Å². The first-order valence-electron chi connectivity index (χ1n) is 4.89. The van der Waals surface area contributed by atoms with E-state index in [9.17, 15) is 0 Å². The molecule has 0 aromatic rings. The standard InChI is InChI=1S/C9H17N3O.ClH/c1-8-10-13-7-12(8)9-4-3-5-11(2)6-9;/h9H,3-7H2,1-2H3;1H. The minimum Gasteiger partial charge on any atom is -0.372 e. The summed E-state index contributed by atoms with van der Waals surface area (Å²) < 4.78 is 0. The Labute approximate surface area is 91.3 Å². The third kappa shape index (κ3) is 2.30. The molecule has 2 aliphatic heterocycles. The fourth-order valence-corrected chi connectivity index (χ4v) is 2.09. The van der Waals surface area contributed by atoms with Crippen LogP contribution in [-0.4, -0.2) is 48.5 Å². The number of nitrogens with zero attached hydrogens (tertiary/aromatic N) is 3. The molecule has 0 amide bonds. The lowest BCUT2D eigenvalue weighted by atomic mass is 10.1. The predicted octanol–water partition coefficient (Wildman–Crippen LogP) is 1.13. The van der Waals surface area contributed by atoms with E-state index < -0.39 is 0 Å². The molecule has 5 heteroatoms. The van der Waals surface area contributed by atoms with Crippen LogP contribution in [0, 0.1) is 0 Å². The number of hydrogen-bond acceptors (Lipinski definition) is 4. The van der Waals surface area contributed by atoms with Gasteiger partial charge in [0.15, 0.2) is 6.73 Å². The van der Waals surface area contributed by atoms with Gasteiger partial charge in [0.05, 0.1) is 0 Å². The maximum absolute atomic E-state index is 5.05. The van der Waals surface area contributed by atoms with Gasteiger partial charge in [-0.05, 0) is 33.4 Å². The minimum absolute atomic E-state index is 0. The summed E-state index contributed by atoms with van der Waals surface area (Å²) in [6.45, 7) is 5.02. The Balaban J connectivity index is 0.000000980. The zero-order valence-corrected chi connectivity index (χ0v) is 9.59. The van der Waals surface area contributed by atoms with Crippen molar-refractivity contribution in [2.24, 2.45) is 5.16 Å². The largest absolute Gasteiger partial charge is 0.372 e. The number of hydrogen-bond donors (Lipinski definition) is 0. The van der Waals surface area contributed by atoms with E-state index in [1.54, 1.807) is 0 Å². The monoisotopic (exact) mass is 219 g/mol.